The highest BCUT2D eigenvalue weighted by atomic mass is 35.5. The number of halogens is 1. The lowest BCUT2D eigenvalue weighted by Crippen LogP contribution is -2.30. The molecule has 1 unspecified atom stereocenters. The minimum Gasteiger partial charge on any atom is -0.332 e. The maximum Gasteiger partial charge on any atom is 0.254 e. The molecule has 0 aliphatic carbocycles. The van der Waals surface area contributed by atoms with Crippen molar-refractivity contribution in [2.45, 2.75) is 30.7 Å². The van der Waals surface area contributed by atoms with E-state index < -0.39 is 9.84 Å². The zero-order chi connectivity index (χ0) is 18.2. The van der Waals surface area contributed by atoms with Crippen LogP contribution < -0.4 is 0 Å². The normalized spacial score (nSPS) is 17.7. The molecule has 1 atom stereocenters. The van der Waals surface area contributed by atoms with Gasteiger partial charge in [0.25, 0.3) is 5.91 Å². The van der Waals surface area contributed by atoms with E-state index in [1.54, 1.807) is 6.07 Å². The molecule has 0 spiro atoms. The third kappa shape index (κ3) is 3.72. The topological polar surface area (TPSA) is 54.5 Å². The van der Waals surface area contributed by atoms with Gasteiger partial charge in [0.1, 0.15) is 0 Å². The van der Waals surface area contributed by atoms with Crippen molar-refractivity contribution in [3.05, 3.63) is 64.2 Å². The SMILES string of the molecule is Cc1ccc(C2CCCN2C(=O)c2ccc(Cl)c(S(C)(=O)=O)c2)cc1. The fourth-order valence-electron chi connectivity index (χ4n) is 3.23. The summed E-state index contributed by atoms with van der Waals surface area (Å²) in [5, 5.41) is 0.135. The summed E-state index contributed by atoms with van der Waals surface area (Å²) in [7, 11) is -3.49. The number of hydrogen-bond donors (Lipinski definition) is 0. The van der Waals surface area contributed by atoms with Gasteiger partial charge in [0, 0.05) is 18.4 Å². The summed E-state index contributed by atoms with van der Waals surface area (Å²) < 4.78 is 23.7. The summed E-state index contributed by atoms with van der Waals surface area (Å²) >= 11 is 5.98. The van der Waals surface area contributed by atoms with Crippen LogP contribution in [0.25, 0.3) is 0 Å². The van der Waals surface area contributed by atoms with Crippen LogP contribution in [0, 0.1) is 6.92 Å². The van der Waals surface area contributed by atoms with Crippen LogP contribution in [-0.2, 0) is 9.84 Å². The van der Waals surface area contributed by atoms with Gasteiger partial charge in [-0.1, -0.05) is 41.4 Å². The predicted octanol–water partition coefficient (Wildman–Crippen LogP) is 4.03. The van der Waals surface area contributed by atoms with E-state index in [1.165, 1.54) is 17.7 Å². The standard InChI is InChI=1S/C19H20ClNO3S/c1-13-5-7-14(8-6-13)17-4-3-11-21(17)19(22)15-9-10-16(20)18(12-15)25(2,23)24/h5-10,12,17H,3-4,11H2,1-2H3. The number of rotatable bonds is 3. The highest BCUT2D eigenvalue weighted by Crippen LogP contribution is 2.34. The Kier molecular flexibility index (Phi) is 4.89. The summed E-state index contributed by atoms with van der Waals surface area (Å²) in [5.41, 5.74) is 2.63. The number of hydrogen-bond acceptors (Lipinski definition) is 3. The van der Waals surface area contributed by atoms with Gasteiger partial charge < -0.3 is 4.90 Å². The van der Waals surface area contributed by atoms with Crippen LogP contribution in [0.2, 0.25) is 5.02 Å². The average Bonchev–Trinajstić information content (AvgIpc) is 3.04. The Balaban J connectivity index is 1.93. The molecule has 132 valence electrons. The first-order valence-electron chi connectivity index (χ1n) is 8.14. The van der Waals surface area contributed by atoms with Crippen LogP contribution in [0.15, 0.2) is 47.4 Å². The minimum absolute atomic E-state index is 0.00824. The van der Waals surface area contributed by atoms with Gasteiger partial charge in [-0.25, -0.2) is 8.42 Å². The van der Waals surface area contributed by atoms with Gasteiger partial charge in [-0.2, -0.15) is 0 Å². The molecular formula is C19H20ClNO3S. The van der Waals surface area contributed by atoms with E-state index in [2.05, 4.69) is 12.1 Å². The number of aryl methyl sites for hydroxylation is 1. The molecule has 25 heavy (non-hydrogen) atoms. The molecule has 1 saturated heterocycles. The lowest BCUT2D eigenvalue weighted by molar-refractivity contribution is 0.0735. The smallest absolute Gasteiger partial charge is 0.254 e. The van der Waals surface area contributed by atoms with E-state index in [1.807, 2.05) is 24.0 Å². The number of carbonyl (C=O) groups excluding carboxylic acids is 1. The summed E-state index contributed by atoms with van der Waals surface area (Å²) in [6, 6.07) is 12.6. The quantitative estimate of drug-likeness (QED) is 0.811. The molecule has 4 nitrogen and oxygen atoms in total. The van der Waals surface area contributed by atoms with Gasteiger partial charge in [0.15, 0.2) is 9.84 Å². The van der Waals surface area contributed by atoms with E-state index in [0.29, 0.717) is 12.1 Å². The third-order valence-electron chi connectivity index (χ3n) is 4.55. The zero-order valence-corrected chi connectivity index (χ0v) is 15.8. The van der Waals surface area contributed by atoms with Gasteiger partial charge in [-0.15, -0.1) is 0 Å². The number of likely N-dealkylation sites (tertiary alicyclic amines) is 1. The second-order valence-electron chi connectivity index (χ2n) is 6.48. The first kappa shape index (κ1) is 18.0. The van der Waals surface area contributed by atoms with E-state index in [-0.39, 0.29) is 21.9 Å². The number of nitrogens with zero attached hydrogens (tertiary/aromatic N) is 1. The van der Waals surface area contributed by atoms with Crippen molar-refractivity contribution < 1.29 is 13.2 Å². The number of amides is 1. The first-order chi connectivity index (χ1) is 11.8. The average molecular weight is 378 g/mol. The second-order valence-corrected chi connectivity index (χ2v) is 8.88. The molecular weight excluding hydrogens is 358 g/mol. The van der Waals surface area contributed by atoms with Crippen LogP contribution in [0.1, 0.15) is 40.4 Å². The zero-order valence-electron chi connectivity index (χ0n) is 14.2. The molecule has 1 aliphatic heterocycles. The van der Waals surface area contributed by atoms with Gasteiger partial charge in [0.2, 0.25) is 0 Å². The fraction of sp³-hybridized carbons (Fsp3) is 0.316. The van der Waals surface area contributed by atoms with Gasteiger partial charge >= 0.3 is 0 Å². The Bertz CT molecular complexity index is 907. The predicted molar refractivity (Wildman–Crippen MR) is 98.8 cm³/mol. The molecule has 0 bridgehead atoms. The molecule has 1 aliphatic rings. The van der Waals surface area contributed by atoms with E-state index in [0.717, 1.165) is 24.7 Å². The lowest BCUT2D eigenvalue weighted by atomic mass is 10.0. The molecule has 0 radical (unpaired) electrons. The fourth-order valence-corrected chi connectivity index (χ4v) is 4.53. The summed E-state index contributed by atoms with van der Waals surface area (Å²) in [4.78, 5) is 14.8. The Hall–Kier alpha value is -1.85. The van der Waals surface area contributed by atoms with Crippen LogP contribution in [0.5, 0.6) is 0 Å². The number of carbonyl (C=O) groups is 1. The molecule has 3 rings (SSSR count). The Morgan fingerprint density at radius 2 is 1.84 bits per heavy atom. The highest BCUT2D eigenvalue weighted by molar-refractivity contribution is 7.90. The monoisotopic (exact) mass is 377 g/mol. The molecule has 0 N–H and O–H groups in total. The molecule has 1 heterocycles. The van der Waals surface area contributed by atoms with Crippen LogP contribution in [0.3, 0.4) is 0 Å². The lowest BCUT2D eigenvalue weighted by Gasteiger charge is -2.25. The Morgan fingerprint density at radius 1 is 1.16 bits per heavy atom. The van der Waals surface area contributed by atoms with Crippen molar-refractivity contribution in [3.63, 3.8) is 0 Å². The van der Waals surface area contributed by atoms with Crippen molar-refractivity contribution >= 4 is 27.3 Å². The van der Waals surface area contributed by atoms with E-state index >= 15 is 0 Å². The van der Waals surface area contributed by atoms with E-state index in [9.17, 15) is 13.2 Å². The summed E-state index contributed by atoms with van der Waals surface area (Å²) in [5.74, 6) is -0.162. The molecule has 0 aromatic heterocycles. The second kappa shape index (κ2) is 6.81. The molecule has 1 fully saturated rings. The maximum atomic E-state index is 13.0. The molecule has 1 amide bonds. The summed E-state index contributed by atoms with van der Waals surface area (Å²) in [6.45, 7) is 2.69. The van der Waals surface area contributed by atoms with Gasteiger partial charge in [-0.3, -0.25) is 4.79 Å². The van der Waals surface area contributed by atoms with Crippen molar-refractivity contribution in [1.29, 1.82) is 0 Å². The van der Waals surface area contributed by atoms with Crippen molar-refractivity contribution in [2.24, 2.45) is 0 Å². The largest absolute Gasteiger partial charge is 0.332 e. The Morgan fingerprint density at radius 3 is 2.48 bits per heavy atom. The van der Waals surface area contributed by atoms with Crippen LogP contribution in [-0.4, -0.2) is 32.0 Å². The molecule has 6 heteroatoms. The number of sulfone groups is 1. The van der Waals surface area contributed by atoms with Gasteiger partial charge in [0.05, 0.1) is 16.0 Å². The minimum atomic E-state index is -3.49. The molecule has 0 saturated carbocycles. The first-order valence-corrected chi connectivity index (χ1v) is 10.4. The molecule has 2 aromatic rings. The Labute approximate surface area is 153 Å². The van der Waals surface area contributed by atoms with Crippen molar-refractivity contribution in [3.8, 4) is 0 Å². The van der Waals surface area contributed by atoms with Crippen LogP contribution in [0.4, 0.5) is 0 Å². The van der Waals surface area contributed by atoms with E-state index in [4.69, 9.17) is 11.6 Å². The summed E-state index contributed by atoms with van der Waals surface area (Å²) in [6.07, 6.45) is 2.92. The van der Waals surface area contributed by atoms with Crippen molar-refractivity contribution in [1.82, 2.24) is 4.90 Å². The van der Waals surface area contributed by atoms with Crippen LogP contribution >= 0.6 is 11.6 Å². The number of benzene rings is 2. The highest BCUT2D eigenvalue weighted by Gasteiger charge is 2.31. The molecule has 2 aromatic carbocycles. The van der Waals surface area contributed by atoms with Crippen molar-refractivity contribution in [2.75, 3.05) is 12.8 Å². The maximum absolute atomic E-state index is 13.0. The van der Waals surface area contributed by atoms with Gasteiger partial charge in [-0.05, 0) is 43.5 Å². The third-order valence-corrected chi connectivity index (χ3v) is 6.13.